The van der Waals surface area contributed by atoms with Crippen LogP contribution in [0.15, 0.2) is 43.2 Å². The molecule has 0 aliphatic rings. The van der Waals surface area contributed by atoms with Gasteiger partial charge in [-0.3, -0.25) is 4.79 Å². The number of carbonyl (C=O) groups excluding carboxylic acids is 1. The smallest absolute Gasteiger partial charge is 0.238 e. The van der Waals surface area contributed by atoms with E-state index >= 15 is 0 Å². The minimum atomic E-state index is -0.137. The monoisotopic (exact) mass is 258 g/mol. The maximum Gasteiger partial charge on any atom is 0.238 e. The van der Waals surface area contributed by atoms with Gasteiger partial charge >= 0.3 is 0 Å². The van der Waals surface area contributed by atoms with E-state index < -0.39 is 0 Å². The molecule has 2 rings (SSSR count). The summed E-state index contributed by atoms with van der Waals surface area (Å²) in [5, 5.41) is 16.7. The first-order chi connectivity index (χ1) is 9.31. The Morgan fingerprint density at radius 2 is 2.26 bits per heavy atom. The van der Waals surface area contributed by atoms with Gasteiger partial charge in [-0.15, -0.1) is 11.7 Å². The van der Waals surface area contributed by atoms with E-state index in [4.69, 9.17) is 0 Å². The molecule has 2 N–H and O–H groups in total. The van der Waals surface area contributed by atoms with Gasteiger partial charge < -0.3 is 10.6 Å². The molecule has 0 aliphatic heterocycles. The zero-order chi connectivity index (χ0) is 13.5. The van der Waals surface area contributed by atoms with Gasteiger partial charge in [-0.25, -0.2) is 0 Å². The van der Waals surface area contributed by atoms with Gasteiger partial charge in [-0.1, -0.05) is 18.2 Å². The Kier molecular flexibility index (Phi) is 4.35. The Bertz CT molecular complexity index is 551. The molecule has 7 nitrogen and oxygen atoms in total. The van der Waals surface area contributed by atoms with Gasteiger partial charge in [0.05, 0.1) is 17.9 Å². The minimum Gasteiger partial charge on any atom is -0.323 e. The summed E-state index contributed by atoms with van der Waals surface area (Å²) in [5.74, 6) is -0.137. The average Bonchev–Trinajstić information content (AvgIpc) is 2.93. The average molecular weight is 258 g/mol. The number of rotatable bonds is 6. The lowest BCUT2D eigenvalue weighted by Gasteiger charge is -2.10. The second-order valence-corrected chi connectivity index (χ2v) is 3.74. The summed E-state index contributed by atoms with van der Waals surface area (Å²) in [4.78, 5) is 11.7. The lowest BCUT2D eigenvalue weighted by molar-refractivity contribution is -0.115. The minimum absolute atomic E-state index is 0.137. The fraction of sp³-hybridized carbons (Fsp3) is 0.167. The number of benzene rings is 1. The Morgan fingerprint density at radius 3 is 3.00 bits per heavy atom. The number of anilines is 1. The van der Waals surface area contributed by atoms with Crippen LogP contribution in [0.2, 0.25) is 0 Å². The van der Waals surface area contributed by atoms with Crippen LogP contribution in [0, 0.1) is 0 Å². The normalized spacial score (nSPS) is 10.1. The predicted molar refractivity (Wildman–Crippen MR) is 70.9 cm³/mol. The number of hydrogen-bond donors (Lipinski definition) is 2. The fourth-order valence-corrected chi connectivity index (χ4v) is 1.53. The third-order valence-electron chi connectivity index (χ3n) is 2.35. The highest BCUT2D eigenvalue weighted by molar-refractivity contribution is 5.94. The molecule has 0 unspecified atom stereocenters. The molecular formula is C12H14N6O. The number of nitrogens with zero attached hydrogens (tertiary/aromatic N) is 4. The van der Waals surface area contributed by atoms with Crippen molar-refractivity contribution in [2.24, 2.45) is 0 Å². The van der Waals surface area contributed by atoms with E-state index in [9.17, 15) is 4.79 Å². The standard InChI is InChI=1S/C12H14N6O/c1-2-7-13-8-12(19)15-10-5-3-4-6-11(10)18-9-14-16-17-18/h2-6,9,13H,1,7-8H2,(H,15,19). The zero-order valence-electron chi connectivity index (χ0n) is 10.3. The Labute approximate surface area is 110 Å². The van der Waals surface area contributed by atoms with E-state index in [1.165, 1.54) is 11.0 Å². The summed E-state index contributed by atoms with van der Waals surface area (Å²) in [7, 11) is 0. The molecule has 19 heavy (non-hydrogen) atoms. The molecule has 0 saturated heterocycles. The summed E-state index contributed by atoms with van der Waals surface area (Å²) in [6, 6.07) is 7.30. The van der Waals surface area contributed by atoms with Crippen molar-refractivity contribution in [2.45, 2.75) is 0 Å². The highest BCUT2D eigenvalue weighted by Gasteiger charge is 2.08. The Hall–Kier alpha value is -2.54. The summed E-state index contributed by atoms with van der Waals surface area (Å²) in [6.45, 7) is 4.37. The number of amides is 1. The van der Waals surface area contributed by atoms with Gasteiger partial charge in [-0.2, -0.15) is 4.68 Å². The van der Waals surface area contributed by atoms with Crippen molar-refractivity contribution in [3.8, 4) is 5.69 Å². The van der Waals surface area contributed by atoms with E-state index in [1.807, 2.05) is 18.2 Å². The van der Waals surface area contributed by atoms with Gasteiger partial charge in [0.15, 0.2) is 0 Å². The molecule has 1 heterocycles. The van der Waals surface area contributed by atoms with Crippen molar-refractivity contribution in [3.63, 3.8) is 0 Å². The Morgan fingerprint density at radius 1 is 1.42 bits per heavy atom. The predicted octanol–water partition coefficient (Wildman–Crippen LogP) is 0.376. The first kappa shape index (κ1) is 12.9. The highest BCUT2D eigenvalue weighted by Crippen LogP contribution is 2.17. The van der Waals surface area contributed by atoms with Crippen molar-refractivity contribution in [1.82, 2.24) is 25.5 Å². The van der Waals surface area contributed by atoms with Crippen LogP contribution in [0.1, 0.15) is 0 Å². The lowest BCUT2D eigenvalue weighted by atomic mass is 10.2. The molecule has 0 atom stereocenters. The molecule has 0 bridgehead atoms. The molecule has 7 heteroatoms. The summed E-state index contributed by atoms with van der Waals surface area (Å²) >= 11 is 0. The third kappa shape index (κ3) is 3.46. The second kappa shape index (κ2) is 6.41. The van der Waals surface area contributed by atoms with Crippen LogP contribution in [-0.4, -0.2) is 39.2 Å². The molecule has 1 amide bonds. The van der Waals surface area contributed by atoms with Crippen molar-refractivity contribution in [1.29, 1.82) is 0 Å². The molecule has 1 aromatic carbocycles. The zero-order valence-corrected chi connectivity index (χ0v) is 10.3. The van der Waals surface area contributed by atoms with E-state index in [0.29, 0.717) is 17.9 Å². The van der Waals surface area contributed by atoms with Crippen molar-refractivity contribution in [2.75, 3.05) is 18.4 Å². The van der Waals surface area contributed by atoms with Gasteiger partial charge in [0, 0.05) is 6.54 Å². The van der Waals surface area contributed by atoms with E-state index in [2.05, 4.69) is 32.7 Å². The maximum atomic E-state index is 11.7. The largest absolute Gasteiger partial charge is 0.323 e. The van der Waals surface area contributed by atoms with Crippen LogP contribution in [0.3, 0.4) is 0 Å². The third-order valence-corrected chi connectivity index (χ3v) is 2.35. The maximum absolute atomic E-state index is 11.7. The van der Waals surface area contributed by atoms with Crippen molar-refractivity contribution >= 4 is 11.6 Å². The number of nitrogens with one attached hydrogen (secondary N) is 2. The van der Waals surface area contributed by atoms with Crippen LogP contribution < -0.4 is 10.6 Å². The summed E-state index contributed by atoms with van der Waals surface area (Å²) in [6.07, 6.45) is 3.17. The van der Waals surface area contributed by atoms with Gasteiger partial charge in [0.25, 0.3) is 0 Å². The summed E-state index contributed by atoms with van der Waals surface area (Å²) in [5.41, 5.74) is 1.37. The first-order valence-corrected chi connectivity index (χ1v) is 5.75. The van der Waals surface area contributed by atoms with Crippen molar-refractivity contribution in [3.05, 3.63) is 43.2 Å². The SMILES string of the molecule is C=CCNCC(=O)Nc1ccccc1-n1cnnn1. The summed E-state index contributed by atoms with van der Waals surface area (Å²) < 4.78 is 1.49. The van der Waals surface area contributed by atoms with Gasteiger partial charge in [-0.05, 0) is 22.6 Å². The molecule has 0 radical (unpaired) electrons. The van der Waals surface area contributed by atoms with Crippen LogP contribution in [0.4, 0.5) is 5.69 Å². The molecule has 98 valence electrons. The molecule has 0 spiro atoms. The highest BCUT2D eigenvalue weighted by atomic mass is 16.1. The van der Waals surface area contributed by atoms with Crippen LogP contribution in [0.25, 0.3) is 5.69 Å². The van der Waals surface area contributed by atoms with Gasteiger partial charge in [0.2, 0.25) is 5.91 Å². The number of tetrazole rings is 1. The first-order valence-electron chi connectivity index (χ1n) is 5.75. The van der Waals surface area contributed by atoms with Gasteiger partial charge in [0.1, 0.15) is 6.33 Å². The molecule has 0 aliphatic carbocycles. The molecule has 0 saturated carbocycles. The number of hydrogen-bond acceptors (Lipinski definition) is 5. The van der Waals surface area contributed by atoms with Crippen LogP contribution >= 0.6 is 0 Å². The fourth-order valence-electron chi connectivity index (χ4n) is 1.53. The molecule has 2 aromatic rings. The molecular weight excluding hydrogens is 244 g/mol. The topological polar surface area (TPSA) is 84.7 Å². The van der Waals surface area contributed by atoms with Crippen LogP contribution in [0.5, 0.6) is 0 Å². The van der Waals surface area contributed by atoms with E-state index in [1.54, 1.807) is 12.1 Å². The van der Waals surface area contributed by atoms with E-state index in [0.717, 1.165) is 0 Å². The number of para-hydroxylation sites is 2. The lowest BCUT2D eigenvalue weighted by Crippen LogP contribution is -2.28. The Balaban J connectivity index is 2.08. The van der Waals surface area contributed by atoms with Crippen molar-refractivity contribution < 1.29 is 4.79 Å². The second-order valence-electron chi connectivity index (χ2n) is 3.74. The van der Waals surface area contributed by atoms with E-state index in [-0.39, 0.29) is 12.5 Å². The van der Waals surface area contributed by atoms with Crippen LogP contribution in [-0.2, 0) is 4.79 Å². The molecule has 0 fully saturated rings. The quantitative estimate of drug-likeness (QED) is 0.578. The number of aromatic nitrogens is 4. The molecule has 1 aromatic heterocycles. The number of carbonyl (C=O) groups is 1.